The summed E-state index contributed by atoms with van der Waals surface area (Å²) in [4.78, 5) is 17.1. The van der Waals surface area contributed by atoms with Crippen LogP contribution in [0.3, 0.4) is 0 Å². The molecule has 8 nitrogen and oxygen atoms in total. The number of benzene rings is 1. The van der Waals surface area contributed by atoms with E-state index < -0.39 is 0 Å². The van der Waals surface area contributed by atoms with Gasteiger partial charge in [-0.05, 0) is 36.1 Å². The molecule has 0 saturated carbocycles. The first-order valence-corrected chi connectivity index (χ1v) is 8.62. The Hall–Kier alpha value is -3.07. The van der Waals surface area contributed by atoms with Crippen LogP contribution >= 0.6 is 11.3 Å². The molecule has 2 heterocycles. The number of aromatic nitrogens is 2. The number of anilines is 1. The molecule has 0 unspecified atom stereocenters. The van der Waals surface area contributed by atoms with Crippen molar-refractivity contribution in [1.82, 2.24) is 15.5 Å². The lowest BCUT2D eigenvalue weighted by Gasteiger charge is -2.11. The van der Waals surface area contributed by atoms with Crippen LogP contribution in [0.5, 0.6) is 11.5 Å². The van der Waals surface area contributed by atoms with E-state index in [9.17, 15) is 4.79 Å². The van der Waals surface area contributed by atoms with Crippen molar-refractivity contribution in [1.29, 1.82) is 0 Å². The van der Waals surface area contributed by atoms with Gasteiger partial charge in [-0.15, -0.1) is 11.3 Å². The molecule has 0 aliphatic rings. The monoisotopic (exact) mass is 374 g/mol. The maximum absolute atomic E-state index is 12.2. The zero-order chi connectivity index (χ0) is 18.5. The number of methoxy groups -OCH3 is 2. The molecule has 0 aliphatic heterocycles. The minimum atomic E-state index is -0.337. The second kappa shape index (κ2) is 7.87. The van der Waals surface area contributed by atoms with E-state index in [4.69, 9.17) is 14.0 Å². The van der Waals surface area contributed by atoms with Crippen LogP contribution in [-0.4, -0.2) is 30.4 Å². The van der Waals surface area contributed by atoms with E-state index in [2.05, 4.69) is 20.8 Å². The molecule has 0 atom stereocenters. The second-order valence-corrected chi connectivity index (χ2v) is 6.22. The Labute approximate surface area is 154 Å². The van der Waals surface area contributed by atoms with Gasteiger partial charge in [0.05, 0.1) is 19.9 Å². The van der Waals surface area contributed by atoms with Gasteiger partial charge in [-0.1, -0.05) is 11.2 Å². The molecule has 2 aromatic heterocycles. The van der Waals surface area contributed by atoms with Gasteiger partial charge in [-0.3, -0.25) is 0 Å². The van der Waals surface area contributed by atoms with E-state index >= 15 is 0 Å². The standard InChI is InChI=1S/C17H18N4O4S/c1-10-19-16(25-21-10)15-12(6-7-26-15)20-17(22)18-9-11-4-5-13(23-2)14(8-11)24-3/h4-8H,9H2,1-3H3,(H2,18,20,22). The van der Waals surface area contributed by atoms with Crippen LogP contribution in [0.1, 0.15) is 11.4 Å². The number of carbonyl (C=O) groups excluding carboxylic acids is 1. The van der Waals surface area contributed by atoms with Gasteiger partial charge in [-0.25, -0.2) is 4.79 Å². The molecule has 26 heavy (non-hydrogen) atoms. The maximum Gasteiger partial charge on any atom is 0.319 e. The molecule has 0 bridgehead atoms. The number of amides is 2. The molecule has 0 fully saturated rings. The highest BCUT2D eigenvalue weighted by Gasteiger charge is 2.15. The molecular weight excluding hydrogens is 356 g/mol. The summed E-state index contributed by atoms with van der Waals surface area (Å²) in [6, 6.07) is 6.92. The van der Waals surface area contributed by atoms with Crippen molar-refractivity contribution >= 4 is 23.1 Å². The number of nitrogens with zero attached hydrogens (tertiary/aromatic N) is 2. The Balaban J connectivity index is 1.63. The number of urea groups is 1. The van der Waals surface area contributed by atoms with E-state index in [1.165, 1.54) is 11.3 Å². The normalized spacial score (nSPS) is 10.4. The van der Waals surface area contributed by atoms with Crippen molar-refractivity contribution in [2.45, 2.75) is 13.5 Å². The zero-order valence-corrected chi connectivity index (χ0v) is 15.3. The van der Waals surface area contributed by atoms with Crippen molar-refractivity contribution in [3.63, 3.8) is 0 Å². The second-order valence-electron chi connectivity index (χ2n) is 5.31. The van der Waals surface area contributed by atoms with Crippen LogP contribution in [-0.2, 0) is 6.54 Å². The lowest BCUT2D eigenvalue weighted by molar-refractivity contribution is 0.251. The molecule has 1 aromatic carbocycles. The fraction of sp³-hybridized carbons (Fsp3) is 0.235. The predicted molar refractivity (Wildman–Crippen MR) is 97.8 cm³/mol. The van der Waals surface area contributed by atoms with Crippen molar-refractivity contribution in [2.75, 3.05) is 19.5 Å². The average molecular weight is 374 g/mol. The highest BCUT2D eigenvalue weighted by Crippen LogP contribution is 2.32. The summed E-state index contributed by atoms with van der Waals surface area (Å²) in [6.07, 6.45) is 0. The SMILES string of the molecule is COc1ccc(CNC(=O)Nc2ccsc2-c2nc(C)no2)cc1OC. The molecule has 0 spiro atoms. The van der Waals surface area contributed by atoms with Crippen molar-refractivity contribution in [3.8, 4) is 22.3 Å². The number of aryl methyl sites for hydroxylation is 1. The molecule has 0 saturated heterocycles. The smallest absolute Gasteiger partial charge is 0.319 e. The molecule has 3 rings (SSSR count). The van der Waals surface area contributed by atoms with Crippen LogP contribution in [0, 0.1) is 6.92 Å². The van der Waals surface area contributed by atoms with Gasteiger partial charge >= 0.3 is 6.03 Å². The van der Waals surface area contributed by atoms with Gasteiger partial charge in [0.2, 0.25) is 0 Å². The van der Waals surface area contributed by atoms with Gasteiger partial charge in [0, 0.05) is 6.54 Å². The number of carbonyl (C=O) groups is 1. The molecule has 3 aromatic rings. The van der Waals surface area contributed by atoms with Gasteiger partial charge in [0.25, 0.3) is 5.89 Å². The number of hydrogen-bond donors (Lipinski definition) is 2. The molecule has 9 heteroatoms. The summed E-state index contributed by atoms with van der Waals surface area (Å²) in [7, 11) is 3.14. The van der Waals surface area contributed by atoms with E-state index in [1.54, 1.807) is 33.3 Å². The summed E-state index contributed by atoms with van der Waals surface area (Å²) in [5.41, 5.74) is 1.50. The molecule has 0 radical (unpaired) electrons. The minimum Gasteiger partial charge on any atom is -0.493 e. The molecule has 136 valence electrons. The van der Waals surface area contributed by atoms with Crippen LogP contribution < -0.4 is 20.1 Å². The third kappa shape index (κ3) is 3.94. The van der Waals surface area contributed by atoms with Gasteiger partial charge in [0.15, 0.2) is 17.3 Å². The van der Waals surface area contributed by atoms with E-state index in [0.717, 1.165) is 5.56 Å². The zero-order valence-electron chi connectivity index (χ0n) is 14.5. The minimum absolute atomic E-state index is 0.337. The number of rotatable bonds is 6. The van der Waals surface area contributed by atoms with Crippen molar-refractivity contribution < 1.29 is 18.8 Å². The molecule has 2 N–H and O–H groups in total. The van der Waals surface area contributed by atoms with Gasteiger partial charge in [-0.2, -0.15) is 4.98 Å². The number of ether oxygens (including phenoxy) is 2. The van der Waals surface area contributed by atoms with Crippen LogP contribution in [0.2, 0.25) is 0 Å². The van der Waals surface area contributed by atoms with E-state index in [1.807, 2.05) is 17.5 Å². The largest absolute Gasteiger partial charge is 0.493 e. The quantitative estimate of drug-likeness (QED) is 0.686. The maximum atomic E-state index is 12.2. The Bertz CT molecular complexity index is 906. The lowest BCUT2D eigenvalue weighted by atomic mass is 10.2. The van der Waals surface area contributed by atoms with E-state index in [0.29, 0.717) is 40.3 Å². The number of hydrogen-bond acceptors (Lipinski definition) is 7. The highest BCUT2D eigenvalue weighted by molar-refractivity contribution is 7.14. The lowest BCUT2D eigenvalue weighted by Crippen LogP contribution is -2.28. The molecular formula is C17H18N4O4S. The van der Waals surface area contributed by atoms with Crippen LogP contribution in [0.25, 0.3) is 10.8 Å². The Morgan fingerprint density at radius 1 is 1.23 bits per heavy atom. The van der Waals surface area contributed by atoms with E-state index in [-0.39, 0.29) is 6.03 Å². The third-order valence-corrected chi connectivity index (χ3v) is 4.44. The Morgan fingerprint density at radius 3 is 2.73 bits per heavy atom. The first-order chi connectivity index (χ1) is 12.6. The first kappa shape index (κ1) is 17.7. The van der Waals surface area contributed by atoms with Crippen LogP contribution in [0.15, 0.2) is 34.2 Å². The summed E-state index contributed by atoms with van der Waals surface area (Å²) < 4.78 is 15.6. The first-order valence-electron chi connectivity index (χ1n) is 7.74. The predicted octanol–water partition coefficient (Wildman–Crippen LogP) is 3.45. The number of thiophene rings is 1. The summed E-state index contributed by atoms with van der Waals surface area (Å²) in [5, 5.41) is 11.2. The summed E-state index contributed by atoms with van der Waals surface area (Å²) >= 11 is 1.41. The van der Waals surface area contributed by atoms with Crippen LogP contribution in [0.4, 0.5) is 10.5 Å². The summed E-state index contributed by atoms with van der Waals surface area (Å²) in [6.45, 7) is 2.08. The third-order valence-electron chi connectivity index (χ3n) is 3.54. The average Bonchev–Trinajstić information content (AvgIpc) is 3.28. The van der Waals surface area contributed by atoms with Gasteiger partial charge in [0.1, 0.15) is 4.88 Å². The molecule has 2 amide bonds. The topological polar surface area (TPSA) is 98.5 Å². The number of nitrogens with one attached hydrogen (secondary N) is 2. The van der Waals surface area contributed by atoms with Crippen molar-refractivity contribution in [3.05, 3.63) is 41.0 Å². The summed E-state index contributed by atoms with van der Waals surface area (Å²) in [5.74, 6) is 2.17. The fourth-order valence-electron chi connectivity index (χ4n) is 2.30. The Morgan fingerprint density at radius 2 is 2.04 bits per heavy atom. The van der Waals surface area contributed by atoms with Crippen molar-refractivity contribution in [2.24, 2.45) is 0 Å². The molecule has 0 aliphatic carbocycles. The van der Waals surface area contributed by atoms with Gasteiger partial charge < -0.3 is 24.6 Å². The Kier molecular flexibility index (Phi) is 5.37. The highest BCUT2D eigenvalue weighted by atomic mass is 32.1. The fourth-order valence-corrected chi connectivity index (χ4v) is 3.07.